The first-order valence-corrected chi connectivity index (χ1v) is 10.6. The van der Waals surface area contributed by atoms with E-state index in [1.807, 2.05) is 35.9 Å². The molecule has 0 spiro atoms. The standard InChI is InChI=1S/C24H27N7/c1-4-5-14-31-23(25-22(28-31)15-17(2)3)16-18-10-12-19(13-11-18)20-8-6-7-9-21(20)24-26-29-30-27-24/h4-13,17H,14-16H2,1-3H3,(H,26,27,29,30)/b5-4+. The maximum Gasteiger partial charge on any atom is 0.180 e. The third kappa shape index (κ3) is 4.94. The highest BCUT2D eigenvalue weighted by molar-refractivity contribution is 5.80. The second-order valence-electron chi connectivity index (χ2n) is 7.96. The third-order valence-corrected chi connectivity index (χ3v) is 5.05. The smallest absolute Gasteiger partial charge is 0.180 e. The van der Waals surface area contributed by atoms with Crippen LogP contribution in [0.5, 0.6) is 0 Å². The Kier molecular flexibility index (Phi) is 6.31. The van der Waals surface area contributed by atoms with Crippen LogP contribution in [0.2, 0.25) is 0 Å². The van der Waals surface area contributed by atoms with E-state index in [0.717, 1.165) is 47.7 Å². The minimum Gasteiger partial charge on any atom is -0.246 e. The zero-order valence-electron chi connectivity index (χ0n) is 18.2. The van der Waals surface area contributed by atoms with Crippen molar-refractivity contribution < 1.29 is 0 Å². The van der Waals surface area contributed by atoms with Crippen molar-refractivity contribution >= 4 is 0 Å². The molecule has 7 nitrogen and oxygen atoms in total. The summed E-state index contributed by atoms with van der Waals surface area (Å²) < 4.78 is 2.01. The molecular formula is C24H27N7. The average Bonchev–Trinajstić information content (AvgIpc) is 3.43. The molecule has 0 saturated carbocycles. The third-order valence-electron chi connectivity index (χ3n) is 5.05. The van der Waals surface area contributed by atoms with E-state index in [0.29, 0.717) is 11.7 Å². The quantitative estimate of drug-likeness (QED) is 0.430. The summed E-state index contributed by atoms with van der Waals surface area (Å²) in [6, 6.07) is 16.7. The van der Waals surface area contributed by atoms with E-state index in [2.05, 4.69) is 70.9 Å². The molecule has 0 bridgehead atoms. The molecule has 0 aliphatic rings. The van der Waals surface area contributed by atoms with Gasteiger partial charge in [-0.25, -0.2) is 14.8 Å². The van der Waals surface area contributed by atoms with Crippen LogP contribution < -0.4 is 0 Å². The number of aromatic amines is 1. The van der Waals surface area contributed by atoms with Crippen LogP contribution in [0, 0.1) is 5.92 Å². The van der Waals surface area contributed by atoms with Gasteiger partial charge in [0.15, 0.2) is 11.6 Å². The minimum atomic E-state index is 0.532. The Bertz CT molecular complexity index is 1140. The van der Waals surface area contributed by atoms with Gasteiger partial charge >= 0.3 is 0 Å². The topological polar surface area (TPSA) is 85.2 Å². The molecule has 0 amide bonds. The second kappa shape index (κ2) is 9.47. The molecule has 0 aliphatic carbocycles. The van der Waals surface area contributed by atoms with Crippen molar-refractivity contribution in [1.82, 2.24) is 35.4 Å². The highest BCUT2D eigenvalue weighted by Gasteiger charge is 2.13. The summed E-state index contributed by atoms with van der Waals surface area (Å²) in [5.41, 5.74) is 4.38. The van der Waals surface area contributed by atoms with Crippen molar-refractivity contribution in [1.29, 1.82) is 0 Å². The summed E-state index contributed by atoms with van der Waals surface area (Å²) in [6.45, 7) is 7.15. The molecule has 0 fully saturated rings. The zero-order valence-corrected chi connectivity index (χ0v) is 18.2. The van der Waals surface area contributed by atoms with Crippen molar-refractivity contribution in [2.24, 2.45) is 5.92 Å². The molecule has 0 atom stereocenters. The van der Waals surface area contributed by atoms with Crippen LogP contribution in [0.1, 0.15) is 38.0 Å². The van der Waals surface area contributed by atoms with Crippen LogP contribution >= 0.6 is 0 Å². The van der Waals surface area contributed by atoms with Gasteiger partial charge in [-0.15, -0.1) is 5.10 Å². The predicted octanol–water partition coefficient (Wildman–Crippen LogP) is 4.49. The molecule has 1 N–H and O–H groups in total. The summed E-state index contributed by atoms with van der Waals surface area (Å²) >= 11 is 0. The molecule has 0 aliphatic heterocycles. The van der Waals surface area contributed by atoms with Gasteiger partial charge in [0.25, 0.3) is 0 Å². The van der Waals surface area contributed by atoms with Crippen molar-refractivity contribution in [3.63, 3.8) is 0 Å². The molecule has 7 heteroatoms. The van der Waals surface area contributed by atoms with E-state index in [-0.39, 0.29) is 0 Å². The SMILES string of the molecule is C/C=C/Cn1nc(CC(C)C)nc1Cc1ccc(-c2ccccc2-c2nnn[nH]2)cc1. The van der Waals surface area contributed by atoms with Gasteiger partial charge in [-0.05, 0) is 40.0 Å². The molecule has 4 rings (SSSR count). The van der Waals surface area contributed by atoms with E-state index >= 15 is 0 Å². The maximum atomic E-state index is 4.82. The molecule has 0 radical (unpaired) electrons. The number of rotatable bonds is 8. The van der Waals surface area contributed by atoms with Crippen molar-refractivity contribution in [2.75, 3.05) is 0 Å². The van der Waals surface area contributed by atoms with Gasteiger partial charge in [-0.2, -0.15) is 5.10 Å². The van der Waals surface area contributed by atoms with Crippen LogP contribution in [0.15, 0.2) is 60.7 Å². The van der Waals surface area contributed by atoms with E-state index in [1.54, 1.807) is 0 Å². The zero-order chi connectivity index (χ0) is 21.6. The molecule has 2 aromatic heterocycles. The molecule has 0 saturated heterocycles. The Balaban J connectivity index is 1.58. The lowest BCUT2D eigenvalue weighted by atomic mass is 9.98. The van der Waals surface area contributed by atoms with E-state index < -0.39 is 0 Å². The second-order valence-corrected chi connectivity index (χ2v) is 7.96. The number of H-pyrrole nitrogens is 1. The monoisotopic (exact) mass is 413 g/mol. The summed E-state index contributed by atoms with van der Waals surface area (Å²) in [4.78, 5) is 4.82. The lowest BCUT2D eigenvalue weighted by molar-refractivity contribution is 0.602. The number of hydrogen-bond donors (Lipinski definition) is 1. The van der Waals surface area contributed by atoms with Crippen LogP contribution in [0.4, 0.5) is 0 Å². The Hall–Kier alpha value is -3.61. The first kappa shape index (κ1) is 20.7. The molecular weight excluding hydrogens is 386 g/mol. The van der Waals surface area contributed by atoms with Gasteiger partial charge in [0, 0.05) is 18.4 Å². The Morgan fingerprint density at radius 2 is 1.81 bits per heavy atom. The highest BCUT2D eigenvalue weighted by Crippen LogP contribution is 2.30. The molecule has 4 aromatic rings. The summed E-state index contributed by atoms with van der Waals surface area (Å²) in [7, 11) is 0. The highest BCUT2D eigenvalue weighted by atomic mass is 15.5. The number of tetrazole rings is 1. The van der Waals surface area contributed by atoms with Crippen LogP contribution in [-0.2, 0) is 19.4 Å². The van der Waals surface area contributed by atoms with E-state index in [1.165, 1.54) is 5.56 Å². The van der Waals surface area contributed by atoms with Crippen LogP contribution in [0.3, 0.4) is 0 Å². The van der Waals surface area contributed by atoms with Gasteiger partial charge in [-0.3, -0.25) is 0 Å². The number of allylic oxidation sites excluding steroid dienone is 2. The average molecular weight is 414 g/mol. The number of nitrogens with zero attached hydrogens (tertiary/aromatic N) is 6. The predicted molar refractivity (Wildman–Crippen MR) is 121 cm³/mol. The summed E-state index contributed by atoms with van der Waals surface area (Å²) in [5, 5.41) is 19.0. The lowest BCUT2D eigenvalue weighted by Gasteiger charge is -2.08. The fourth-order valence-electron chi connectivity index (χ4n) is 3.56. The van der Waals surface area contributed by atoms with Gasteiger partial charge in [-0.1, -0.05) is 74.5 Å². The normalized spacial score (nSPS) is 11.6. The lowest BCUT2D eigenvalue weighted by Crippen LogP contribution is -2.05. The number of benzene rings is 2. The minimum absolute atomic E-state index is 0.532. The number of aromatic nitrogens is 7. The Morgan fingerprint density at radius 3 is 2.48 bits per heavy atom. The van der Waals surface area contributed by atoms with Crippen molar-refractivity contribution in [2.45, 2.75) is 40.2 Å². The first-order chi connectivity index (χ1) is 15.1. The largest absolute Gasteiger partial charge is 0.246 e. The summed E-state index contributed by atoms with van der Waals surface area (Å²) in [6.07, 6.45) is 5.79. The fourth-order valence-corrected chi connectivity index (χ4v) is 3.56. The Labute approximate surface area is 182 Å². The summed E-state index contributed by atoms with van der Waals surface area (Å²) in [5.74, 6) is 3.11. The first-order valence-electron chi connectivity index (χ1n) is 10.6. The molecule has 2 aromatic carbocycles. The number of hydrogen-bond acceptors (Lipinski definition) is 5. The van der Waals surface area contributed by atoms with Gasteiger partial charge in [0.2, 0.25) is 0 Å². The molecule has 2 heterocycles. The van der Waals surface area contributed by atoms with Crippen molar-refractivity contribution in [3.05, 3.63) is 77.9 Å². The number of nitrogens with one attached hydrogen (secondary N) is 1. The van der Waals surface area contributed by atoms with Gasteiger partial charge < -0.3 is 0 Å². The fraction of sp³-hybridized carbons (Fsp3) is 0.292. The van der Waals surface area contributed by atoms with Gasteiger partial charge in [0.1, 0.15) is 5.82 Å². The molecule has 158 valence electrons. The van der Waals surface area contributed by atoms with Crippen LogP contribution in [-0.4, -0.2) is 35.4 Å². The van der Waals surface area contributed by atoms with Gasteiger partial charge in [0.05, 0.1) is 6.54 Å². The van der Waals surface area contributed by atoms with Crippen LogP contribution in [0.25, 0.3) is 22.5 Å². The van der Waals surface area contributed by atoms with Crippen molar-refractivity contribution in [3.8, 4) is 22.5 Å². The maximum absolute atomic E-state index is 4.82. The van der Waals surface area contributed by atoms with E-state index in [9.17, 15) is 0 Å². The van der Waals surface area contributed by atoms with E-state index in [4.69, 9.17) is 10.1 Å². The molecule has 31 heavy (non-hydrogen) atoms. The Morgan fingerprint density at radius 1 is 1.03 bits per heavy atom. The molecule has 0 unspecified atom stereocenters.